The summed E-state index contributed by atoms with van der Waals surface area (Å²) in [5, 5.41) is 6.52. The van der Waals surface area contributed by atoms with Crippen molar-refractivity contribution >= 4 is 17.2 Å². The number of hydrogen-bond acceptors (Lipinski definition) is 3. The third kappa shape index (κ3) is 2.36. The molecule has 2 atom stereocenters. The molecule has 116 valence electrons. The lowest BCUT2D eigenvalue weighted by Gasteiger charge is -2.36. The monoisotopic (exact) mass is 318 g/mol. The fraction of sp³-hybridized carbons (Fsp3) is 0.643. The number of carbonyl (C=O) groups is 1. The third-order valence-corrected chi connectivity index (χ3v) is 5.25. The zero-order valence-electron chi connectivity index (χ0n) is 11.4. The summed E-state index contributed by atoms with van der Waals surface area (Å²) in [5.41, 5.74) is -1.29. The summed E-state index contributed by atoms with van der Waals surface area (Å²) in [5.74, 6) is -0.756. The molecule has 0 aromatic carbocycles. The molecule has 2 unspecified atom stereocenters. The molecule has 0 bridgehead atoms. The smallest absolute Gasteiger partial charge is 0.335 e. The molecule has 2 aliphatic rings. The maximum Gasteiger partial charge on any atom is 0.404 e. The Morgan fingerprint density at radius 3 is 2.86 bits per heavy atom. The third-order valence-electron chi connectivity index (χ3n) is 4.55. The highest BCUT2D eigenvalue weighted by atomic mass is 32.1. The van der Waals surface area contributed by atoms with E-state index in [0.717, 1.165) is 18.4 Å². The first-order valence-electron chi connectivity index (χ1n) is 7.06. The fourth-order valence-corrected chi connectivity index (χ4v) is 4.04. The van der Waals surface area contributed by atoms with Crippen LogP contribution in [0.5, 0.6) is 0 Å². The molecule has 0 spiro atoms. The summed E-state index contributed by atoms with van der Waals surface area (Å²) < 4.78 is 40.5. The van der Waals surface area contributed by atoms with Gasteiger partial charge in [-0.2, -0.15) is 24.5 Å². The van der Waals surface area contributed by atoms with E-state index in [2.05, 4.69) is 5.32 Å². The van der Waals surface area contributed by atoms with Gasteiger partial charge in [0.15, 0.2) is 5.41 Å². The molecule has 0 radical (unpaired) electrons. The summed E-state index contributed by atoms with van der Waals surface area (Å²) in [4.78, 5) is 14.1. The van der Waals surface area contributed by atoms with Crippen LogP contribution < -0.4 is 5.32 Å². The van der Waals surface area contributed by atoms with Gasteiger partial charge in [-0.25, -0.2) is 0 Å². The van der Waals surface area contributed by atoms with Crippen molar-refractivity contribution in [2.75, 3.05) is 19.6 Å². The van der Waals surface area contributed by atoms with Crippen molar-refractivity contribution in [1.29, 1.82) is 0 Å². The van der Waals surface area contributed by atoms with E-state index in [1.165, 1.54) is 16.2 Å². The van der Waals surface area contributed by atoms with Crippen LogP contribution in [-0.2, 0) is 4.79 Å². The van der Waals surface area contributed by atoms with Crippen LogP contribution in [-0.4, -0.2) is 36.6 Å². The summed E-state index contributed by atoms with van der Waals surface area (Å²) in [6, 6.07) is 1.69. The Balaban J connectivity index is 1.89. The van der Waals surface area contributed by atoms with Gasteiger partial charge in [0.25, 0.3) is 0 Å². The highest BCUT2D eigenvalue weighted by Crippen LogP contribution is 2.47. The number of thiophene rings is 1. The second-order valence-corrected chi connectivity index (χ2v) is 6.50. The number of hydrogen-bond donors (Lipinski definition) is 1. The van der Waals surface area contributed by atoms with E-state index in [1.807, 2.05) is 16.8 Å². The summed E-state index contributed by atoms with van der Waals surface area (Å²) in [7, 11) is 0. The lowest BCUT2D eigenvalue weighted by molar-refractivity contribution is -0.222. The Kier molecular flexibility index (Phi) is 3.73. The highest BCUT2D eigenvalue weighted by Gasteiger charge is 2.63. The molecule has 3 nitrogen and oxygen atoms in total. The second-order valence-electron chi connectivity index (χ2n) is 5.72. The van der Waals surface area contributed by atoms with Crippen LogP contribution in [0.1, 0.15) is 30.9 Å². The zero-order valence-corrected chi connectivity index (χ0v) is 12.3. The van der Waals surface area contributed by atoms with Crippen LogP contribution in [0.25, 0.3) is 0 Å². The average molecular weight is 318 g/mol. The summed E-state index contributed by atoms with van der Waals surface area (Å²) in [6.07, 6.45) is -3.17. The van der Waals surface area contributed by atoms with E-state index < -0.39 is 17.5 Å². The molecular formula is C14H17F3N2OS. The molecule has 0 saturated carbocycles. The average Bonchev–Trinajstić information content (AvgIpc) is 3.17. The van der Waals surface area contributed by atoms with Gasteiger partial charge in [0.2, 0.25) is 5.91 Å². The second kappa shape index (κ2) is 5.28. The Morgan fingerprint density at radius 1 is 1.48 bits per heavy atom. The maximum absolute atomic E-state index is 13.5. The fourth-order valence-electron chi connectivity index (χ4n) is 3.33. The molecule has 3 heterocycles. The Bertz CT molecular complexity index is 509. The van der Waals surface area contributed by atoms with Gasteiger partial charge in [-0.3, -0.25) is 4.79 Å². The van der Waals surface area contributed by atoms with Crippen LogP contribution >= 0.6 is 11.3 Å². The van der Waals surface area contributed by atoms with E-state index in [1.54, 1.807) is 0 Å². The molecular weight excluding hydrogens is 301 g/mol. The molecule has 1 N–H and O–H groups in total. The van der Waals surface area contributed by atoms with Gasteiger partial charge in [-0.05, 0) is 48.2 Å². The van der Waals surface area contributed by atoms with Crippen molar-refractivity contribution in [3.05, 3.63) is 22.4 Å². The standard InChI is InChI=1S/C14H17F3N2OS/c15-14(16,17)13(4-5-18-9-13)12(20)19-6-1-2-11(19)10-3-7-21-8-10/h3,7-8,11,18H,1-2,4-6,9H2. The van der Waals surface area contributed by atoms with Gasteiger partial charge >= 0.3 is 6.18 Å². The predicted molar refractivity (Wildman–Crippen MR) is 74.0 cm³/mol. The topological polar surface area (TPSA) is 32.3 Å². The number of nitrogens with one attached hydrogen (secondary N) is 1. The van der Waals surface area contributed by atoms with Crippen molar-refractivity contribution in [3.63, 3.8) is 0 Å². The molecule has 1 aromatic rings. The minimum atomic E-state index is -4.50. The van der Waals surface area contributed by atoms with Crippen molar-refractivity contribution in [1.82, 2.24) is 10.2 Å². The van der Waals surface area contributed by atoms with Crippen LogP contribution in [0, 0.1) is 5.41 Å². The lowest BCUT2D eigenvalue weighted by atomic mass is 9.84. The lowest BCUT2D eigenvalue weighted by Crippen LogP contribution is -2.53. The van der Waals surface area contributed by atoms with Gasteiger partial charge in [0.05, 0.1) is 6.04 Å². The molecule has 1 aromatic heterocycles. The van der Waals surface area contributed by atoms with E-state index in [4.69, 9.17) is 0 Å². The van der Waals surface area contributed by atoms with Crippen molar-refractivity contribution < 1.29 is 18.0 Å². The van der Waals surface area contributed by atoms with Gasteiger partial charge in [0, 0.05) is 13.1 Å². The van der Waals surface area contributed by atoms with E-state index in [-0.39, 0.29) is 25.6 Å². The van der Waals surface area contributed by atoms with Gasteiger partial charge in [-0.1, -0.05) is 0 Å². The molecule has 2 fully saturated rings. The van der Waals surface area contributed by atoms with Crippen LogP contribution in [0.15, 0.2) is 16.8 Å². The van der Waals surface area contributed by atoms with Crippen molar-refractivity contribution in [2.45, 2.75) is 31.5 Å². The Morgan fingerprint density at radius 2 is 2.29 bits per heavy atom. The van der Waals surface area contributed by atoms with Crippen LogP contribution in [0.4, 0.5) is 13.2 Å². The van der Waals surface area contributed by atoms with Crippen LogP contribution in [0.3, 0.4) is 0 Å². The first-order chi connectivity index (χ1) is 9.96. The normalized spacial score (nSPS) is 30.0. The predicted octanol–water partition coefficient (Wildman–Crippen LogP) is 2.95. The molecule has 3 rings (SSSR count). The summed E-state index contributed by atoms with van der Waals surface area (Å²) in [6.45, 7) is 0.349. The van der Waals surface area contributed by atoms with Gasteiger partial charge < -0.3 is 10.2 Å². The Hall–Kier alpha value is -1.08. The van der Waals surface area contributed by atoms with Gasteiger partial charge in [-0.15, -0.1) is 0 Å². The molecule has 21 heavy (non-hydrogen) atoms. The first-order valence-corrected chi connectivity index (χ1v) is 8.01. The van der Waals surface area contributed by atoms with E-state index >= 15 is 0 Å². The van der Waals surface area contributed by atoms with E-state index in [0.29, 0.717) is 6.54 Å². The largest absolute Gasteiger partial charge is 0.404 e. The first kappa shape index (κ1) is 14.8. The number of likely N-dealkylation sites (tertiary alicyclic amines) is 1. The van der Waals surface area contributed by atoms with Crippen molar-refractivity contribution in [2.24, 2.45) is 5.41 Å². The van der Waals surface area contributed by atoms with Gasteiger partial charge in [0.1, 0.15) is 0 Å². The van der Waals surface area contributed by atoms with Crippen molar-refractivity contribution in [3.8, 4) is 0 Å². The zero-order chi connectivity index (χ0) is 15.1. The quantitative estimate of drug-likeness (QED) is 0.909. The van der Waals surface area contributed by atoms with Crippen LogP contribution in [0.2, 0.25) is 0 Å². The molecule has 0 aliphatic carbocycles. The molecule has 2 saturated heterocycles. The number of amides is 1. The van der Waals surface area contributed by atoms with E-state index in [9.17, 15) is 18.0 Å². The number of halogens is 3. The number of nitrogens with zero attached hydrogens (tertiary/aromatic N) is 1. The molecule has 7 heteroatoms. The highest BCUT2D eigenvalue weighted by molar-refractivity contribution is 7.07. The number of carbonyl (C=O) groups excluding carboxylic acids is 1. The Labute approximate surface area is 125 Å². The molecule has 1 amide bonds. The number of alkyl halides is 3. The summed E-state index contributed by atoms with van der Waals surface area (Å²) >= 11 is 1.50. The minimum absolute atomic E-state index is 0.164. The number of rotatable bonds is 2. The maximum atomic E-state index is 13.5. The molecule has 2 aliphatic heterocycles. The minimum Gasteiger partial charge on any atom is -0.335 e. The SMILES string of the molecule is O=C(N1CCCC1c1ccsc1)C1(C(F)(F)F)CCNC1.